The number of carbonyl (C=O) groups excluding carboxylic acids is 2. The van der Waals surface area contributed by atoms with Crippen molar-refractivity contribution in [2.75, 3.05) is 13.2 Å². The lowest BCUT2D eigenvalue weighted by atomic mass is 10.1. The molecule has 0 saturated heterocycles. The van der Waals surface area contributed by atoms with Gasteiger partial charge >= 0.3 is 11.9 Å². The Morgan fingerprint density at radius 1 is 0.655 bits per heavy atom. The molecule has 0 saturated carbocycles. The lowest BCUT2D eigenvalue weighted by molar-refractivity contribution is -0.144. The molecular weight excluding hydrogens is 364 g/mol. The molecular formula is C25H40O4. The molecule has 1 rings (SSSR count). The van der Waals surface area contributed by atoms with Gasteiger partial charge in [-0.05, 0) is 37.7 Å². The maximum atomic E-state index is 11.7. The third kappa shape index (κ3) is 15.7. The first-order valence-electron chi connectivity index (χ1n) is 11.6. The number of rotatable bonds is 18. The first kappa shape index (κ1) is 25.2. The summed E-state index contributed by atoms with van der Waals surface area (Å²) in [5, 5.41) is 0. The van der Waals surface area contributed by atoms with E-state index in [9.17, 15) is 9.59 Å². The molecule has 29 heavy (non-hydrogen) atoms. The van der Waals surface area contributed by atoms with Crippen LogP contribution >= 0.6 is 0 Å². The monoisotopic (exact) mass is 404 g/mol. The van der Waals surface area contributed by atoms with Gasteiger partial charge in [0.15, 0.2) is 0 Å². The van der Waals surface area contributed by atoms with Crippen molar-refractivity contribution < 1.29 is 19.1 Å². The average molecular weight is 405 g/mol. The molecule has 0 unspecified atom stereocenters. The van der Waals surface area contributed by atoms with Crippen LogP contribution in [-0.2, 0) is 25.5 Å². The van der Waals surface area contributed by atoms with Gasteiger partial charge in [0.1, 0.15) is 0 Å². The van der Waals surface area contributed by atoms with Gasteiger partial charge in [-0.3, -0.25) is 9.59 Å². The second kappa shape index (κ2) is 18.2. The SMILES string of the molecule is CCCCCCOC(=O)CCCCCCCCC(=O)OCCCc1ccccc1. The summed E-state index contributed by atoms with van der Waals surface area (Å²) in [6.45, 7) is 3.25. The van der Waals surface area contributed by atoms with Gasteiger partial charge in [-0.1, -0.05) is 82.2 Å². The first-order chi connectivity index (χ1) is 14.2. The van der Waals surface area contributed by atoms with Crippen molar-refractivity contribution in [1.29, 1.82) is 0 Å². The van der Waals surface area contributed by atoms with Crippen LogP contribution in [0.15, 0.2) is 30.3 Å². The van der Waals surface area contributed by atoms with E-state index < -0.39 is 0 Å². The van der Waals surface area contributed by atoms with Crippen LogP contribution in [0.25, 0.3) is 0 Å². The highest BCUT2D eigenvalue weighted by Crippen LogP contribution is 2.10. The number of unbranched alkanes of at least 4 members (excludes halogenated alkanes) is 8. The van der Waals surface area contributed by atoms with Crippen molar-refractivity contribution >= 4 is 11.9 Å². The molecule has 1 aromatic rings. The Morgan fingerprint density at radius 2 is 1.17 bits per heavy atom. The zero-order valence-corrected chi connectivity index (χ0v) is 18.3. The van der Waals surface area contributed by atoms with Gasteiger partial charge in [-0.2, -0.15) is 0 Å². The van der Waals surface area contributed by atoms with Gasteiger partial charge in [-0.15, -0.1) is 0 Å². The third-order valence-corrected chi connectivity index (χ3v) is 4.99. The van der Waals surface area contributed by atoms with Crippen molar-refractivity contribution in [2.45, 2.75) is 96.8 Å². The Balaban J connectivity index is 1.83. The van der Waals surface area contributed by atoms with Crippen LogP contribution in [0.4, 0.5) is 0 Å². The van der Waals surface area contributed by atoms with E-state index in [-0.39, 0.29) is 11.9 Å². The summed E-state index contributed by atoms with van der Waals surface area (Å²) in [5.41, 5.74) is 1.28. The molecule has 0 aliphatic carbocycles. The van der Waals surface area contributed by atoms with E-state index >= 15 is 0 Å². The Bertz CT molecular complexity index is 527. The van der Waals surface area contributed by atoms with Crippen LogP contribution in [0, 0.1) is 0 Å². The molecule has 0 heterocycles. The normalized spacial score (nSPS) is 10.7. The van der Waals surface area contributed by atoms with E-state index in [0.717, 1.165) is 64.2 Å². The Labute approximate surface area is 177 Å². The molecule has 0 amide bonds. The molecule has 0 aliphatic heterocycles. The number of aryl methyl sites for hydroxylation is 1. The van der Waals surface area contributed by atoms with Crippen LogP contribution in [0.3, 0.4) is 0 Å². The van der Waals surface area contributed by atoms with E-state index in [1.165, 1.54) is 18.4 Å². The molecule has 0 aromatic heterocycles. The molecule has 0 bridgehead atoms. The quantitative estimate of drug-likeness (QED) is 0.210. The fourth-order valence-electron chi connectivity index (χ4n) is 3.21. The third-order valence-electron chi connectivity index (χ3n) is 4.99. The molecule has 1 aromatic carbocycles. The van der Waals surface area contributed by atoms with E-state index in [2.05, 4.69) is 19.1 Å². The van der Waals surface area contributed by atoms with E-state index in [0.29, 0.717) is 26.1 Å². The maximum absolute atomic E-state index is 11.7. The number of esters is 2. The molecule has 0 N–H and O–H groups in total. The Morgan fingerprint density at radius 3 is 1.76 bits per heavy atom. The number of hydrogen-bond donors (Lipinski definition) is 0. The maximum Gasteiger partial charge on any atom is 0.305 e. The van der Waals surface area contributed by atoms with E-state index in [1.807, 2.05) is 18.2 Å². The van der Waals surface area contributed by atoms with Gasteiger partial charge < -0.3 is 9.47 Å². The van der Waals surface area contributed by atoms with Crippen molar-refractivity contribution in [1.82, 2.24) is 0 Å². The van der Waals surface area contributed by atoms with Crippen LogP contribution in [0.2, 0.25) is 0 Å². The molecule has 4 heteroatoms. The second-order valence-electron chi connectivity index (χ2n) is 7.71. The van der Waals surface area contributed by atoms with Crippen LogP contribution < -0.4 is 0 Å². The van der Waals surface area contributed by atoms with Crippen molar-refractivity contribution in [2.24, 2.45) is 0 Å². The summed E-state index contributed by atoms with van der Waals surface area (Å²) in [4.78, 5) is 23.3. The molecule has 0 fully saturated rings. The number of carbonyl (C=O) groups is 2. The van der Waals surface area contributed by atoms with Crippen LogP contribution in [0.5, 0.6) is 0 Å². The largest absolute Gasteiger partial charge is 0.466 e. The summed E-state index contributed by atoms with van der Waals surface area (Å²) in [5.74, 6) is -0.142. The second-order valence-corrected chi connectivity index (χ2v) is 7.71. The van der Waals surface area contributed by atoms with Crippen molar-refractivity contribution in [3.05, 3.63) is 35.9 Å². The van der Waals surface area contributed by atoms with Gasteiger partial charge in [0, 0.05) is 12.8 Å². The topological polar surface area (TPSA) is 52.6 Å². The Hall–Kier alpha value is -1.84. The minimum Gasteiger partial charge on any atom is -0.466 e. The molecule has 0 spiro atoms. The minimum atomic E-state index is -0.0836. The summed E-state index contributed by atoms with van der Waals surface area (Å²) < 4.78 is 10.5. The summed E-state index contributed by atoms with van der Waals surface area (Å²) >= 11 is 0. The summed E-state index contributed by atoms with van der Waals surface area (Å²) in [6.07, 6.45) is 13.5. The molecule has 0 atom stereocenters. The van der Waals surface area contributed by atoms with Crippen molar-refractivity contribution in [3.8, 4) is 0 Å². The number of benzene rings is 1. The minimum absolute atomic E-state index is 0.0588. The Kier molecular flexibility index (Phi) is 15.8. The standard InChI is InChI=1S/C25H40O4/c1-2-3-4-14-21-28-24(26)19-12-7-5-6-8-13-20-25(27)29-22-15-18-23-16-10-9-11-17-23/h9-11,16-17H,2-8,12-15,18-22H2,1H3. The smallest absolute Gasteiger partial charge is 0.305 e. The zero-order chi connectivity index (χ0) is 21.0. The van der Waals surface area contributed by atoms with Crippen LogP contribution in [-0.4, -0.2) is 25.2 Å². The van der Waals surface area contributed by atoms with E-state index in [1.54, 1.807) is 0 Å². The van der Waals surface area contributed by atoms with Crippen molar-refractivity contribution in [3.63, 3.8) is 0 Å². The highest BCUT2D eigenvalue weighted by atomic mass is 16.5. The predicted molar refractivity (Wildman–Crippen MR) is 118 cm³/mol. The zero-order valence-electron chi connectivity index (χ0n) is 18.3. The summed E-state index contributed by atoms with van der Waals surface area (Å²) in [7, 11) is 0. The lowest BCUT2D eigenvalue weighted by Gasteiger charge is -2.06. The highest BCUT2D eigenvalue weighted by Gasteiger charge is 2.04. The molecule has 0 radical (unpaired) electrons. The fourth-order valence-corrected chi connectivity index (χ4v) is 3.21. The lowest BCUT2D eigenvalue weighted by Crippen LogP contribution is -2.06. The van der Waals surface area contributed by atoms with Gasteiger partial charge in [0.25, 0.3) is 0 Å². The summed E-state index contributed by atoms with van der Waals surface area (Å²) in [6, 6.07) is 10.3. The van der Waals surface area contributed by atoms with Gasteiger partial charge in [0.05, 0.1) is 13.2 Å². The molecule has 164 valence electrons. The predicted octanol–water partition coefficient (Wildman–Crippen LogP) is 6.41. The van der Waals surface area contributed by atoms with Gasteiger partial charge in [-0.25, -0.2) is 0 Å². The number of ether oxygens (including phenoxy) is 2. The van der Waals surface area contributed by atoms with Crippen LogP contribution in [0.1, 0.15) is 96.0 Å². The molecule has 0 aliphatic rings. The molecule has 4 nitrogen and oxygen atoms in total. The average Bonchev–Trinajstić information content (AvgIpc) is 2.73. The van der Waals surface area contributed by atoms with Gasteiger partial charge in [0.2, 0.25) is 0 Å². The first-order valence-corrected chi connectivity index (χ1v) is 11.6. The number of hydrogen-bond acceptors (Lipinski definition) is 4. The van der Waals surface area contributed by atoms with E-state index in [4.69, 9.17) is 9.47 Å². The highest BCUT2D eigenvalue weighted by molar-refractivity contribution is 5.69. The fraction of sp³-hybridized carbons (Fsp3) is 0.680.